The van der Waals surface area contributed by atoms with E-state index in [1.807, 2.05) is 26.0 Å². The Morgan fingerprint density at radius 2 is 1.58 bits per heavy atom. The molecule has 36 heavy (non-hydrogen) atoms. The molecule has 192 valence electrons. The normalized spacial score (nSPS) is 11.0. The quantitative estimate of drug-likeness (QED) is 0.395. The number of sulfonamides is 1. The Morgan fingerprint density at radius 3 is 2.19 bits per heavy atom. The molecule has 1 amide bonds. The van der Waals surface area contributed by atoms with Gasteiger partial charge in [-0.05, 0) is 74.4 Å². The molecule has 9 heteroatoms. The van der Waals surface area contributed by atoms with E-state index in [2.05, 4.69) is 5.32 Å². The Labute approximate surface area is 212 Å². The lowest BCUT2D eigenvalue weighted by molar-refractivity contribution is -0.119. The fraction of sp³-hybridized carbons (Fsp3) is 0.296. The van der Waals surface area contributed by atoms with Crippen LogP contribution in [0.5, 0.6) is 17.2 Å². The lowest BCUT2D eigenvalue weighted by atomic mass is 10.1. The summed E-state index contributed by atoms with van der Waals surface area (Å²) in [5.74, 6) is 1.43. The second-order valence-corrected chi connectivity index (χ2v) is 9.90. The monoisotopic (exact) mass is 512 g/mol. The SMILES string of the molecule is CCOc1ccc(N(CC(=O)NCCc2ccc(OC)c(OC)c2)S(=O)(=O)c2ccc(C)cc2)cc1. The number of ether oxygens (including phenoxy) is 3. The number of hydrogen-bond donors (Lipinski definition) is 1. The number of benzene rings is 3. The molecule has 0 aliphatic carbocycles. The molecule has 0 atom stereocenters. The van der Waals surface area contributed by atoms with Crippen molar-refractivity contribution in [3.63, 3.8) is 0 Å². The maximum Gasteiger partial charge on any atom is 0.264 e. The molecule has 0 aliphatic rings. The van der Waals surface area contributed by atoms with Crippen LogP contribution in [-0.2, 0) is 21.2 Å². The van der Waals surface area contributed by atoms with Crippen LogP contribution >= 0.6 is 0 Å². The lowest BCUT2D eigenvalue weighted by Crippen LogP contribution is -2.41. The van der Waals surface area contributed by atoms with Crippen LogP contribution < -0.4 is 23.8 Å². The third-order valence-electron chi connectivity index (χ3n) is 5.52. The van der Waals surface area contributed by atoms with Crippen molar-refractivity contribution in [1.82, 2.24) is 5.32 Å². The average Bonchev–Trinajstić information content (AvgIpc) is 2.88. The van der Waals surface area contributed by atoms with E-state index in [4.69, 9.17) is 14.2 Å². The fourth-order valence-electron chi connectivity index (χ4n) is 3.60. The highest BCUT2D eigenvalue weighted by Crippen LogP contribution is 2.28. The summed E-state index contributed by atoms with van der Waals surface area (Å²) >= 11 is 0. The van der Waals surface area contributed by atoms with Crippen LogP contribution in [0.3, 0.4) is 0 Å². The maximum atomic E-state index is 13.5. The third kappa shape index (κ3) is 6.69. The molecule has 0 fully saturated rings. The van der Waals surface area contributed by atoms with Gasteiger partial charge in [-0.15, -0.1) is 0 Å². The van der Waals surface area contributed by atoms with Crippen LogP contribution in [0.25, 0.3) is 0 Å². The summed E-state index contributed by atoms with van der Waals surface area (Å²) in [6.07, 6.45) is 0.542. The molecule has 3 aromatic rings. The van der Waals surface area contributed by atoms with Crippen molar-refractivity contribution in [2.24, 2.45) is 0 Å². The maximum absolute atomic E-state index is 13.5. The summed E-state index contributed by atoms with van der Waals surface area (Å²) < 4.78 is 44.2. The summed E-state index contributed by atoms with van der Waals surface area (Å²) in [6.45, 7) is 4.21. The summed E-state index contributed by atoms with van der Waals surface area (Å²) in [7, 11) is -0.853. The molecule has 0 radical (unpaired) electrons. The fourth-order valence-corrected chi connectivity index (χ4v) is 5.02. The van der Waals surface area contributed by atoms with Gasteiger partial charge in [-0.3, -0.25) is 9.10 Å². The predicted molar refractivity (Wildman–Crippen MR) is 140 cm³/mol. The Hall–Kier alpha value is -3.72. The number of carbonyl (C=O) groups excluding carboxylic acids is 1. The highest BCUT2D eigenvalue weighted by molar-refractivity contribution is 7.92. The average molecular weight is 513 g/mol. The zero-order valence-electron chi connectivity index (χ0n) is 21.0. The molecular weight excluding hydrogens is 480 g/mol. The molecule has 3 aromatic carbocycles. The summed E-state index contributed by atoms with van der Waals surface area (Å²) in [6, 6.07) is 18.7. The molecule has 0 bridgehead atoms. The molecule has 0 aliphatic heterocycles. The van der Waals surface area contributed by atoms with Gasteiger partial charge in [0.2, 0.25) is 5.91 Å². The van der Waals surface area contributed by atoms with Crippen molar-refractivity contribution in [2.75, 3.05) is 38.2 Å². The van der Waals surface area contributed by atoms with Crippen LogP contribution in [0.4, 0.5) is 5.69 Å². The lowest BCUT2D eigenvalue weighted by Gasteiger charge is -2.24. The minimum Gasteiger partial charge on any atom is -0.494 e. The van der Waals surface area contributed by atoms with E-state index >= 15 is 0 Å². The standard InChI is InChI=1S/C27H32N2O6S/c1-5-35-23-11-9-22(10-12-23)29(36(31,32)24-13-6-20(2)7-14-24)19-27(30)28-17-16-21-8-15-25(33-3)26(18-21)34-4/h6-15,18H,5,16-17,19H2,1-4H3,(H,28,30). The first kappa shape index (κ1) is 26.9. The van der Waals surface area contributed by atoms with Crippen LogP contribution in [0, 0.1) is 6.92 Å². The first-order valence-electron chi connectivity index (χ1n) is 11.6. The van der Waals surface area contributed by atoms with Gasteiger partial charge in [0.25, 0.3) is 10.0 Å². The van der Waals surface area contributed by atoms with Crippen molar-refractivity contribution in [3.8, 4) is 17.2 Å². The van der Waals surface area contributed by atoms with Gasteiger partial charge in [0.15, 0.2) is 11.5 Å². The van der Waals surface area contributed by atoms with E-state index in [1.165, 1.54) is 0 Å². The minimum atomic E-state index is -3.98. The highest BCUT2D eigenvalue weighted by atomic mass is 32.2. The van der Waals surface area contributed by atoms with Gasteiger partial charge >= 0.3 is 0 Å². The zero-order chi connectivity index (χ0) is 26.1. The van der Waals surface area contributed by atoms with E-state index in [1.54, 1.807) is 68.8 Å². The molecule has 3 rings (SSSR count). The van der Waals surface area contributed by atoms with Gasteiger partial charge < -0.3 is 19.5 Å². The Morgan fingerprint density at radius 1 is 0.917 bits per heavy atom. The molecule has 8 nitrogen and oxygen atoms in total. The van der Waals surface area contributed by atoms with Gasteiger partial charge in [0.1, 0.15) is 12.3 Å². The molecule has 0 saturated carbocycles. The number of methoxy groups -OCH3 is 2. The first-order chi connectivity index (χ1) is 17.3. The number of nitrogens with zero attached hydrogens (tertiary/aromatic N) is 1. The number of aryl methyl sites for hydroxylation is 1. The highest BCUT2D eigenvalue weighted by Gasteiger charge is 2.27. The van der Waals surface area contributed by atoms with Crippen molar-refractivity contribution in [2.45, 2.75) is 25.2 Å². The number of hydrogen-bond acceptors (Lipinski definition) is 6. The number of amides is 1. The number of anilines is 1. The molecule has 0 unspecified atom stereocenters. The Balaban J connectivity index is 1.76. The van der Waals surface area contributed by atoms with Crippen LogP contribution in [-0.4, -0.2) is 48.2 Å². The van der Waals surface area contributed by atoms with Crippen molar-refractivity contribution in [3.05, 3.63) is 77.9 Å². The molecule has 0 spiro atoms. The van der Waals surface area contributed by atoms with Crippen molar-refractivity contribution >= 4 is 21.6 Å². The van der Waals surface area contributed by atoms with Crippen LogP contribution in [0.15, 0.2) is 71.6 Å². The van der Waals surface area contributed by atoms with Gasteiger partial charge in [0.05, 0.1) is 31.4 Å². The van der Waals surface area contributed by atoms with Crippen LogP contribution in [0.1, 0.15) is 18.1 Å². The zero-order valence-corrected chi connectivity index (χ0v) is 21.8. The van der Waals surface area contributed by atoms with Crippen molar-refractivity contribution in [1.29, 1.82) is 0 Å². The van der Waals surface area contributed by atoms with Gasteiger partial charge in [-0.2, -0.15) is 0 Å². The van der Waals surface area contributed by atoms with Crippen LogP contribution in [0.2, 0.25) is 0 Å². The summed E-state index contributed by atoms with van der Waals surface area (Å²) in [4.78, 5) is 13.0. The van der Waals surface area contributed by atoms with Gasteiger partial charge in [0, 0.05) is 6.54 Å². The molecule has 1 N–H and O–H groups in total. The van der Waals surface area contributed by atoms with E-state index in [-0.39, 0.29) is 11.4 Å². The number of carbonyl (C=O) groups is 1. The minimum absolute atomic E-state index is 0.111. The molecule has 0 aromatic heterocycles. The predicted octanol–water partition coefficient (Wildman–Crippen LogP) is 3.97. The van der Waals surface area contributed by atoms with E-state index in [0.29, 0.717) is 42.5 Å². The Kier molecular flexibility index (Phi) is 9.19. The Bertz CT molecular complexity index is 1260. The second-order valence-electron chi connectivity index (χ2n) is 8.04. The first-order valence-corrected chi connectivity index (χ1v) is 13.0. The largest absolute Gasteiger partial charge is 0.494 e. The third-order valence-corrected chi connectivity index (χ3v) is 7.30. The van der Waals surface area contributed by atoms with E-state index in [9.17, 15) is 13.2 Å². The van der Waals surface area contributed by atoms with E-state index in [0.717, 1.165) is 15.4 Å². The number of nitrogens with one attached hydrogen (secondary N) is 1. The topological polar surface area (TPSA) is 94.2 Å². The van der Waals surface area contributed by atoms with Crippen molar-refractivity contribution < 1.29 is 27.4 Å². The molecule has 0 saturated heterocycles. The number of rotatable bonds is 12. The second kappa shape index (κ2) is 12.3. The van der Waals surface area contributed by atoms with E-state index < -0.39 is 15.9 Å². The molecule has 0 heterocycles. The summed E-state index contributed by atoms with van der Waals surface area (Å²) in [5, 5.41) is 2.82. The smallest absolute Gasteiger partial charge is 0.264 e. The molecular formula is C27H32N2O6S. The van der Waals surface area contributed by atoms with Gasteiger partial charge in [-0.25, -0.2) is 8.42 Å². The van der Waals surface area contributed by atoms with Gasteiger partial charge in [-0.1, -0.05) is 23.8 Å². The summed E-state index contributed by atoms with van der Waals surface area (Å²) in [5.41, 5.74) is 2.26.